The molecular weight excluding hydrogens is 346 g/mol. The van der Waals surface area contributed by atoms with Crippen molar-refractivity contribution in [2.75, 3.05) is 12.4 Å². The van der Waals surface area contributed by atoms with Gasteiger partial charge in [0.2, 0.25) is 0 Å². The average Bonchev–Trinajstić information content (AvgIpc) is 2.49. The SMILES string of the molecule is COc1cc(C(=O)Nc2ccc(Br)cc2)ccc1OC(C)C. The van der Waals surface area contributed by atoms with E-state index < -0.39 is 0 Å². The monoisotopic (exact) mass is 363 g/mol. The van der Waals surface area contributed by atoms with Crippen LogP contribution in [0.5, 0.6) is 11.5 Å². The lowest BCUT2D eigenvalue weighted by Crippen LogP contribution is -2.12. The summed E-state index contributed by atoms with van der Waals surface area (Å²) in [6.45, 7) is 3.88. The van der Waals surface area contributed by atoms with E-state index in [2.05, 4.69) is 21.2 Å². The third-order valence-corrected chi connectivity index (χ3v) is 3.42. The van der Waals surface area contributed by atoms with Gasteiger partial charge in [0.05, 0.1) is 13.2 Å². The number of hydrogen-bond acceptors (Lipinski definition) is 3. The Labute approximate surface area is 138 Å². The van der Waals surface area contributed by atoms with E-state index in [1.807, 2.05) is 38.1 Å². The standard InChI is InChI=1S/C17H18BrNO3/c1-11(2)22-15-9-4-12(10-16(15)21-3)17(20)19-14-7-5-13(18)6-8-14/h4-11H,1-3H3,(H,19,20). The van der Waals surface area contributed by atoms with Gasteiger partial charge in [-0.25, -0.2) is 0 Å². The highest BCUT2D eigenvalue weighted by atomic mass is 79.9. The highest BCUT2D eigenvalue weighted by Gasteiger charge is 2.12. The Morgan fingerprint density at radius 2 is 1.77 bits per heavy atom. The summed E-state index contributed by atoms with van der Waals surface area (Å²) in [5.74, 6) is 0.964. The summed E-state index contributed by atoms with van der Waals surface area (Å²) in [6, 6.07) is 12.5. The Kier molecular flexibility index (Phi) is 5.44. The first-order chi connectivity index (χ1) is 10.5. The zero-order chi connectivity index (χ0) is 16.1. The molecule has 0 aliphatic heterocycles. The molecule has 2 aromatic carbocycles. The third-order valence-electron chi connectivity index (χ3n) is 2.89. The van der Waals surface area contributed by atoms with Crippen LogP contribution in [0.25, 0.3) is 0 Å². The van der Waals surface area contributed by atoms with Gasteiger partial charge in [0.15, 0.2) is 11.5 Å². The lowest BCUT2D eigenvalue weighted by Gasteiger charge is -2.14. The first kappa shape index (κ1) is 16.4. The lowest BCUT2D eigenvalue weighted by atomic mass is 10.1. The minimum Gasteiger partial charge on any atom is -0.493 e. The fraction of sp³-hybridized carbons (Fsp3) is 0.235. The summed E-state index contributed by atoms with van der Waals surface area (Å²) in [5.41, 5.74) is 1.24. The van der Waals surface area contributed by atoms with Crippen molar-refractivity contribution in [1.82, 2.24) is 0 Å². The molecule has 0 fully saturated rings. The van der Waals surface area contributed by atoms with Gasteiger partial charge >= 0.3 is 0 Å². The van der Waals surface area contributed by atoms with Gasteiger partial charge < -0.3 is 14.8 Å². The van der Waals surface area contributed by atoms with Crippen LogP contribution in [-0.2, 0) is 0 Å². The molecule has 22 heavy (non-hydrogen) atoms. The van der Waals surface area contributed by atoms with Crippen molar-refractivity contribution >= 4 is 27.5 Å². The molecular formula is C17H18BrNO3. The number of carbonyl (C=O) groups excluding carboxylic acids is 1. The van der Waals surface area contributed by atoms with Gasteiger partial charge in [-0.1, -0.05) is 15.9 Å². The van der Waals surface area contributed by atoms with E-state index in [-0.39, 0.29) is 12.0 Å². The Hall–Kier alpha value is -2.01. The summed E-state index contributed by atoms with van der Waals surface area (Å²) in [5, 5.41) is 2.84. The Morgan fingerprint density at radius 3 is 2.36 bits per heavy atom. The second-order valence-corrected chi connectivity index (χ2v) is 5.91. The van der Waals surface area contributed by atoms with Gasteiger partial charge in [-0.05, 0) is 56.3 Å². The van der Waals surface area contributed by atoms with Crippen LogP contribution in [0.15, 0.2) is 46.9 Å². The van der Waals surface area contributed by atoms with E-state index in [1.165, 1.54) is 0 Å². The molecule has 0 aromatic heterocycles. The number of amides is 1. The normalized spacial score (nSPS) is 10.4. The predicted octanol–water partition coefficient (Wildman–Crippen LogP) is 4.50. The Balaban J connectivity index is 2.17. The van der Waals surface area contributed by atoms with Crippen molar-refractivity contribution in [3.8, 4) is 11.5 Å². The molecule has 0 spiro atoms. The smallest absolute Gasteiger partial charge is 0.255 e. The average molecular weight is 364 g/mol. The Morgan fingerprint density at radius 1 is 1.09 bits per heavy atom. The highest BCUT2D eigenvalue weighted by molar-refractivity contribution is 9.10. The van der Waals surface area contributed by atoms with E-state index in [0.29, 0.717) is 17.1 Å². The first-order valence-electron chi connectivity index (χ1n) is 6.91. The second kappa shape index (κ2) is 7.31. The fourth-order valence-corrected chi connectivity index (χ4v) is 2.16. The third kappa shape index (κ3) is 4.24. The number of benzene rings is 2. The van der Waals surface area contributed by atoms with Crippen LogP contribution in [0.1, 0.15) is 24.2 Å². The Bertz CT molecular complexity index is 653. The molecule has 1 amide bonds. The molecule has 1 N–H and O–H groups in total. The van der Waals surface area contributed by atoms with Crippen LogP contribution in [0, 0.1) is 0 Å². The topological polar surface area (TPSA) is 47.6 Å². The molecule has 2 rings (SSSR count). The molecule has 0 saturated heterocycles. The maximum Gasteiger partial charge on any atom is 0.255 e. The molecule has 0 saturated carbocycles. The summed E-state index contributed by atoms with van der Waals surface area (Å²) in [6.07, 6.45) is 0.0383. The number of halogens is 1. The van der Waals surface area contributed by atoms with E-state index in [0.717, 1.165) is 10.2 Å². The van der Waals surface area contributed by atoms with Crippen molar-refractivity contribution in [3.63, 3.8) is 0 Å². The van der Waals surface area contributed by atoms with Crippen LogP contribution in [0.2, 0.25) is 0 Å². The molecule has 116 valence electrons. The molecule has 4 nitrogen and oxygen atoms in total. The highest BCUT2D eigenvalue weighted by Crippen LogP contribution is 2.29. The molecule has 0 heterocycles. The zero-order valence-corrected chi connectivity index (χ0v) is 14.3. The van der Waals surface area contributed by atoms with Crippen molar-refractivity contribution < 1.29 is 14.3 Å². The van der Waals surface area contributed by atoms with Crippen LogP contribution in [0.4, 0.5) is 5.69 Å². The van der Waals surface area contributed by atoms with E-state index in [4.69, 9.17) is 9.47 Å². The molecule has 0 bridgehead atoms. The number of hydrogen-bond donors (Lipinski definition) is 1. The minimum absolute atomic E-state index is 0.0383. The van der Waals surface area contributed by atoms with Gasteiger partial charge in [0.1, 0.15) is 0 Å². The zero-order valence-electron chi connectivity index (χ0n) is 12.7. The number of ether oxygens (including phenoxy) is 2. The molecule has 0 atom stereocenters. The maximum absolute atomic E-state index is 12.3. The molecule has 0 radical (unpaired) electrons. The molecule has 0 aliphatic carbocycles. The largest absolute Gasteiger partial charge is 0.493 e. The summed E-state index contributed by atoms with van der Waals surface area (Å²) < 4.78 is 11.9. The van der Waals surface area contributed by atoms with Crippen LogP contribution >= 0.6 is 15.9 Å². The minimum atomic E-state index is -0.197. The maximum atomic E-state index is 12.3. The quantitative estimate of drug-likeness (QED) is 0.850. The van der Waals surface area contributed by atoms with E-state index in [9.17, 15) is 4.79 Å². The van der Waals surface area contributed by atoms with Crippen molar-refractivity contribution in [1.29, 1.82) is 0 Å². The van der Waals surface area contributed by atoms with Crippen molar-refractivity contribution in [3.05, 3.63) is 52.5 Å². The lowest BCUT2D eigenvalue weighted by molar-refractivity contribution is 0.102. The molecule has 0 unspecified atom stereocenters. The predicted molar refractivity (Wildman–Crippen MR) is 90.9 cm³/mol. The van der Waals surface area contributed by atoms with Gasteiger partial charge in [0, 0.05) is 15.7 Å². The van der Waals surface area contributed by atoms with Gasteiger partial charge in [-0.15, -0.1) is 0 Å². The van der Waals surface area contributed by atoms with E-state index >= 15 is 0 Å². The van der Waals surface area contributed by atoms with E-state index in [1.54, 1.807) is 25.3 Å². The van der Waals surface area contributed by atoms with Crippen molar-refractivity contribution in [2.45, 2.75) is 20.0 Å². The number of nitrogens with one attached hydrogen (secondary N) is 1. The summed E-state index contributed by atoms with van der Waals surface area (Å²) in [7, 11) is 1.55. The molecule has 2 aromatic rings. The number of anilines is 1. The summed E-state index contributed by atoms with van der Waals surface area (Å²) in [4.78, 5) is 12.3. The van der Waals surface area contributed by atoms with Gasteiger partial charge in [0.25, 0.3) is 5.91 Å². The fourth-order valence-electron chi connectivity index (χ4n) is 1.90. The number of rotatable bonds is 5. The van der Waals surface area contributed by atoms with Gasteiger partial charge in [-0.2, -0.15) is 0 Å². The second-order valence-electron chi connectivity index (χ2n) is 4.99. The van der Waals surface area contributed by atoms with Crippen LogP contribution < -0.4 is 14.8 Å². The van der Waals surface area contributed by atoms with Crippen molar-refractivity contribution in [2.24, 2.45) is 0 Å². The van der Waals surface area contributed by atoms with Crippen LogP contribution in [0.3, 0.4) is 0 Å². The number of carbonyl (C=O) groups is 1. The molecule has 5 heteroatoms. The first-order valence-corrected chi connectivity index (χ1v) is 7.70. The van der Waals surface area contributed by atoms with Gasteiger partial charge in [-0.3, -0.25) is 4.79 Å². The molecule has 0 aliphatic rings. The number of methoxy groups -OCH3 is 1. The summed E-state index contributed by atoms with van der Waals surface area (Å²) >= 11 is 3.36. The van der Waals surface area contributed by atoms with Crippen LogP contribution in [-0.4, -0.2) is 19.1 Å².